The van der Waals surface area contributed by atoms with Crippen molar-refractivity contribution in [1.29, 1.82) is 0 Å². The van der Waals surface area contributed by atoms with E-state index in [1.54, 1.807) is 12.1 Å². The summed E-state index contributed by atoms with van der Waals surface area (Å²) < 4.78 is 5.69. The second-order valence-corrected chi connectivity index (χ2v) is 5.92. The van der Waals surface area contributed by atoms with Gasteiger partial charge in [-0.3, -0.25) is 0 Å². The highest BCUT2D eigenvalue weighted by molar-refractivity contribution is 6.02. The number of hydrogen-bond donors (Lipinski definition) is 1. The zero-order valence-corrected chi connectivity index (χ0v) is 13.8. The lowest BCUT2D eigenvalue weighted by Gasteiger charge is -2.29. The summed E-state index contributed by atoms with van der Waals surface area (Å²) in [5, 5.41) is 9.19. The first kappa shape index (κ1) is 18.2. The molecule has 0 fully saturated rings. The van der Waals surface area contributed by atoms with E-state index < -0.39 is 11.9 Å². The van der Waals surface area contributed by atoms with Crippen molar-refractivity contribution in [3.63, 3.8) is 0 Å². The standard InChI is InChI=1S/C18H26O4/c1-5-9-13(6-2)16(12(3)4)22-18(21)15-11-8-7-10-14(15)17(19)20/h7-8,10-13,16H,5-6,9H2,1-4H3,(H,19,20). The molecule has 0 saturated carbocycles. The molecule has 1 aromatic carbocycles. The molecule has 0 aromatic heterocycles. The minimum Gasteiger partial charge on any atom is -0.478 e. The van der Waals surface area contributed by atoms with Gasteiger partial charge in [0.25, 0.3) is 0 Å². The maximum atomic E-state index is 12.4. The Morgan fingerprint density at radius 3 is 2.18 bits per heavy atom. The van der Waals surface area contributed by atoms with Crippen LogP contribution in [0.2, 0.25) is 0 Å². The van der Waals surface area contributed by atoms with E-state index in [0.29, 0.717) is 5.92 Å². The number of carbonyl (C=O) groups excluding carboxylic acids is 1. The van der Waals surface area contributed by atoms with Crippen LogP contribution in [-0.4, -0.2) is 23.1 Å². The molecule has 122 valence electrons. The molecule has 0 saturated heterocycles. The minimum absolute atomic E-state index is 0.0152. The Morgan fingerprint density at radius 1 is 1.14 bits per heavy atom. The summed E-state index contributed by atoms with van der Waals surface area (Å²) in [6.07, 6.45) is 2.77. The molecule has 0 bridgehead atoms. The Bertz CT molecular complexity index is 508. The Morgan fingerprint density at radius 2 is 1.73 bits per heavy atom. The van der Waals surface area contributed by atoms with E-state index in [1.165, 1.54) is 12.1 Å². The minimum atomic E-state index is -1.12. The smallest absolute Gasteiger partial charge is 0.339 e. The lowest BCUT2D eigenvalue weighted by molar-refractivity contribution is -0.00533. The number of ether oxygens (including phenoxy) is 1. The third-order valence-electron chi connectivity index (χ3n) is 3.93. The molecule has 0 spiro atoms. The second-order valence-electron chi connectivity index (χ2n) is 5.92. The molecule has 0 aliphatic rings. The molecule has 2 unspecified atom stereocenters. The van der Waals surface area contributed by atoms with Crippen LogP contribution in [0.25, 0.3) is 0 Å². The molecule has 2 atom stereocenters. The summed E-state index contributed by atoms with van der Waals surface area (Å²) in [5.74, 6) is -1.18. The van der Waals surface area contributed by atoms with Crippen molar-refractivity contribution in [3.05, 3.63) is 35.4 Å². The van der Waals surface area contributed by atoms with Crippen LogP contribution in [0.15, 0.2) is 24.3 Å². The van der Waals surface area contributed by atoms with Crippen LogP contribution >= 0.6 is 0 Å². The van der Waals surface area contributed by atoms with Gasteiger partial charge in [-0.25, -0.2) is 9.59 Å². The summed E-state index contributed by atoms with van der Waals surface area (Å²) in [6, 6.07) is 6.18. The number of carboxylic acids is 1. The summed E-state index contributed by atoms with van der Waals surface area (Å²) in [5.41, 5.74) is 0.102. The van der Waals surface area contributed by atoms with E-state index in [2.05, 4.69) is 13.8 Å². The lowest BCUT2D eigenvalue weighted by Crippen LogP contribution is -2.32. The molecule has 1 aromatic rings. The van der Waals surface area contributed by atoms with Gasteiger partial charge in [-0.05, 0) is 36.8 Å². The van der Waals surface area contributed by atoms with Gasteiger partial charge in [0.05, 0.1) is 11.1 Å². The van der Waals surface area contributed by atoms with Crippen molar-refractivity contribution in [2.45, 2.75) is 53.1 Å². The lowest BCUT2D eigenvalue weighted by atomic mass is 9.87. The van der Waals surface area contributed by atoms with Gasteiger partial charge in [-0.1, -0.05) is 46.2 Å². The number of carboxylic acid groups (broad SMARTS) is 1. The van der Waals surface area contributed by atoms with Crippen molar-refractivity contribution >= 4 is 11.9 Å². The van der Waals surface area contributed by atoms with Crippen LogP contribution < -0.4 is 0 Å². The van der Waals surface area contributed by atoms with E-state index in [1.807, 2.05) is 13.8 Å². The number of rotatable bonds is 8. The topological polar surface area (TPSA) is 63.6 Å². The number of aromatic carboxylic acids is 1. The number of esters is 1. The molecular weight excluding hydrogens is 280 g/mol. The van der Waals surface area contributed by atoms with Crippen LogP contribution in [0, 0.1) is 11.8 Å². The van der Waals surface area contributed by atoms with Crippen molar-refractivity contribution < 1.29 is 19.4 Å². The highest BCUT2D eigenvalue weighted by atomic mass is 16.5. The first-order valence-corrected chi connectivity index (χ1v) is 7.95. The van der Waals surface area contributed by atoms with Crippen LogP contribution in [0.5, 0.6) is 0 Å². The summed E-state index contributed by atoms with van der Waals surface area (Å²) >= 11 is 0. The third-order valence-corrected chi connectivity index (χ3v) is 3.93. The third kappa shape index (κ3) is 4.58. The summed E-state index contributed by atoms with van der Waals surface area (Å²) in [7, 11) is 0. The highest BCUT2D eigenvalue weighted by Gasteiger charge is 2.28. The van der Waals surface area contributed by atoms with Crippen LogP contribution in [0.3, 0.4) is 0 Å². The monoisotopic (exact) mass is 306 g/mol. The van der Waals surface area contributed by atoms with Crippen molar-refractivity contribution in [2.24, 2.45) is 11.8 Å². The van der Waals surface area contributed by atoms with E-state index in [-0.39, 0.29) is 23.1 Å². The normalized spacial score (nSPS) is 13.7. The predicted molar refractivity (Wildman–Crippen MR) is 86.1 cm³/mol. The fourth-order valence-corrected chi connectivity index (χ4v) is 2.78. The average molecular weight is 306 g/mol. The first-order valence-electron chi connectivity index (χ1n) is 7.95. The molecule has 1 N–H and O–H groups in total. The Kier molecular flexibility index (Phi) is 7.09. The van der Waals surface area contributed by atoms with Crippen LogP contribution in [-0.2, 0) is 4.74 Å². The first-order chi connectivity index (χ1) is 10.4. The molecule has 0 amide bonds. The van der Waals surface area contributed by atoms with Gasteiger partial charge >= 0.3 is 11.9 Å². The van der Waals surface area contributed by atoms with Crippen LogP contribution in [0.4, 0.5) is 0 Å². The van der Waals surface area contributed by atoms with Gasteiger partial charge in [-0.15, -0.1) is 0 Å². The molecule has 0 radical (unpaired) electrons. The van der Waals surface area contributed by atoms with Gasteiger partial charge in [0.2, 0.25) is 0 Å². The highest BCUT2D eigenvalue weighted by Crippen LogP contribution is 2.26. The summed E-state index contributed by atoms with van der Waals surface area (Å²) in [4.78, 5) is 23.7. The Balaban J connectivity index is 2.99. The number of benzene rings is 1. The van der Waals surface area contributed by atoms with Gasteiger partial charge in [0.15, 0.2) is 0 Å². The van der Waals surface area contributed by atoms with Gasteiger partial charge < -0.3 is 9.84 Å². The van der Waals surface area contributed by atoms with Crippen molar-refractivity contribution in [1.82, 2.24) is 0 Å². The van der Waals surface area contributed by atoms with E-state index in [4.69, 9.17) is 4.74 Å². The van der Waals surface area contributed by atoms with E-state index in [0.717, 1.165) is 19.3 Å². The molecule has 1 rings (SSSR count). The van der Waals surface area contributed by atoms with Crippen molar-refractivity contribution in [3.8, 4) is 0 Å². The molecule has 0 heterocycles. The summed E-state index contributed by atoms with van der Waals surface area (Å²) in [6.45, 7) is 8.26. The molecule has 0 aliphatic carbocycles. The predicted octanol–water partition coefficient (Wildman–Crippen LogP) is 4.39. The average Bonchev–Trinajstić information content (AvgIpc) is 2.50. The van der Waals surface area contributed by atoms with Gasteiger partial charge in [0.1, 0.15) is 6.10 Å². The van der Waals surface area contributed by atoms with Gasteiger partial charge in [0, 0.05) is 0 Å². The molecule has 4 nitrogen and oxygen atoms in total. The van der Waals surface area contributed by atoms with E-state index >= 15 is 0 Å². The molecular formula is C18H26O4. The largest absolute Gasteiger partial charge is 0.478 e. The Hall–Kier alpha value is -1.84. The fraction of sp³-hybridized carbons (Fsp3) is 0.556. The maximum Gasteiger partial charge on any atom is 0.339 e. The van der Waals surface area contributed by atoms with E-state index in [9.17, 15) is 14.7 Å². The molecule has 4 heteroatoms. The van der Waals surface area contributed by atoms with Crippen LogP contribution in [0.1, 0.15) is 67.7 Å². The Labute approximate surface area is 132 Å². The molecule has 22 heavy (non-hydrogen) atoms. The quantitative estimate of drug-likeness (QED) is 0.723. The maximum absolute atomic E-state index is 12.4. The zero-order valence-electron chi connectivity index (χ0n) is 13.8. The second kappa shape index (κ2) is 8.57. The zero-order chi connectivity index (χ0) is 16.7. The number of hydrogen-bond acceptors (Lipinski definition) is 3. The number of carbonyl (C=O) groups is 2. The van der Waals surface area contributed by atoms with Gasteiger partial charge in [-0.2, -0.15) is 0 Å². The SMILES string of the molecule is CCCC(CC)C(OC(=O)c1ccccc1C(=O)O)C(C)C. The molecule has 0 aliphatic heterocycles. The fourth-order valence-electron chi connectivity index (χ4n) is 2.78. The van der Waals surface area contributed by atoms with Crippen molar-refractivity contribution in [2.75, 3.05) is 0 Å².